The molecule has 0 heterocycles. The normalized spacial score (nSPS) is 11.5. The van der Waals surface area contributed by atoms with Gasteiger partial charge in [0.15, 0.2) is 0 Å². The minimum Gasteiger partial charge on any atom is -0.459 e. The third-order valence-electron chi connectivity index (χ3n) is 2.54. The molecule has 0 fully saturated rings. The molecule has 0 saturated carbocycles. The van der Waals surface area contributed by atoms with Crippen LogP contribution in [-0.4, -0.2) is 21.2 Å². The summed E-state index contributed by atoms with van der Waals surface area (Å²) in [6, 6.07) is 0. The minimum atomic E-state index is -1.65. The topological polar surface area (TPSA) is 26.3 Å². The second kappa shape index (κ2) is 3.97. The van der Waals surface area contributed by atoms with Crippen LogP contribution in [0.25, 0.3) is 0 Å². The summed E-state index contributed by atoms with van der Waals surface area (Å²) in [5, 5.41) is 0.189. The van der Waals surface area contributed by atoms with Crippen LogP contribution in [0.2, 0.25) is 18.1 Å². The second-order valence-electron chi connectivity index (χ2n) is 4.62. The van der Waals surface area contributed by atoms with Crippen molar-refractivity contribution >= 4 is 14.0 Å². The molecular formula is C10H18O2Si. The van der Waals surface area contributed by atoms with Crippen molar-refractivity contribution < 1.29 is 9.53 Å². The molecule has 2 nitrogen and oxygen atoms in total. The Morgan fingerprint density at radius 2 is 1.77 bits per heavy atom. The van der Waals surface area contributed by atoms with Crippen LogP contribution in [0.5, 0.6) is 0 Å². The van der Waals surface area contributed by atoms with E-state index >= 15 is 0 Å². The van der Waals surface area contributed by atoms with Gasteiger partial charge in [-0.2, -0.15) is 0 Å². The zero-order valence-corrected chi connectivity index (χ0v) is 10.3. The summed E-state index contributed by atoms with van der Waals surface area (Å²) in [4.78, 5) is 10.8. The zero-order valence-electron chi connectivity index (χ0n) is 9.32. The van der Waals surface area contributed by atoms with Gasteiger partial charge in [0.05, 0.1) is 7.11 Å². The number of esters is 1. The lowest BCUT2D eigenvalue weighted by molar-refractivity contribution is -0.133. The quantitative estimate of drug-likeness (QED) is 0.339. The fourth-order valence-corrected chi connectivity index (χ4v) is 1.24. The van der Waals surface area contributed by atoms with Gasteiger partial charge >= 0.3 is 5.97 Å². The molecule has 0 rings (SSSR count). The number of ether oxygens (including phenoxy) is 1. The summed E-state index contributed by atoms with van der Waals surface area (Å²) < 4.78 is 4.47. The van der Waals surface area contributed by atoms with Crippen LogP contribution in [0, 0.1) is 11.5 Å². The number of hydrogen-bond donors (Lipinski definition) is 0. The SMILES string of the molecule is COC(=O)C#C[Si](C)(C)C(C)(C)C. The van der Waals surface area contributed by atoms with Crippen LogP contribution >= 0.6 is 0 Å². The van der Waals surface area contributed by atoms with Crippen molar-refractivity contribution in [1.29, 1.82) is 0 Å². The van der Waals surface area contributed by atoms with Gasteiger partial charge in [-0.1, -0.05) is 33.9 Å². The highest BCUT2D eigenvalue weighted by molar-refractivity contribution is 6.87. The Labute approximate surface area is 81.7 Å². The van der Waals surface area contributed by atoms with Crippen molar-refractivity contribution in [3.8, 4) is 11.5 Å². The van der Waals surface area contributed by atoms with Gasteiger partial charge in [0.25, 0.3) is 0 Å². The molecule has 0 unspecified atom stereocenters. The highest BCUT2D eigenvalue weighted by Gasteiger charge is 2.33. The van der Waals surface area contributed by atoms with Gasteiger partial charge in [0.2, 0.25) is 0 Å². The molecule has 0 bridgehead atoms. The molecule has 74 valence electrons. The molecule has 13 heavy (non-hydrogen) atoms. The lowest BCUT2D eigenvalue weighted by Gasteiger charge is -2.31. The predicted octanol–water partition coefficient (Wildman–Crippen LogP) is 2.21. The summed E-state index contributed by atoms with van der Waals surface area (Å²) in [7, 11) is -0.296. The van der Waals surface area contributed by atoms with Gasteiger partial charge in [-0.25, -0.2) is 4.79 Å². The number of methoxy groups -OCH3 is 1. The third-order valence-corrected chi connectivity index (χ3v) is 7.04. The van der Waals surface area contributed by atoms with Crippen LogP contribution in [0.3, 0.4) is 0 Å². The van der Waals surface area contributed by atoms with Crippen LogP contribution in [-0.2, 0) is 9.53 Å². The fraction of sp³-hybridized carbons (Fsp3) is 0.700. The number of carbonyl (C=O) groups excluding carboxylic acids is 1. The van der Waals surface area contributed by atoms with Crippen LogP contribution in [0.4, 0.5) is 0 Å². The maximum Gasteiger partial charge on any atom is 0.383 e. The van der Waals surface area contributed by atoms with E-state index in [1.807, 2.05) is 0 Å². The van der Waals surface area contributed by atoms with Crippen molar-refractivity contribution in [2.24, 2.45) is 0 Å². The molecule has 0 saturated heterocycles. The van der Waals surface area contributed by atoms with E-state index in [1.165, 1.54) is 7.11 Å². The Balaban J connectivity index is 4.66. The van der Waals surface area contributed by atoms with Gasteiger partial charge in [-0.05, 0) is 5.04 Å². The fourth-order valence-electron chi connectivity index (χ4n) is 0.446. The first-order chi connectivity index (χ1) is 5.70. The summed E-state index contributed by atoms with van der Waals surface area (Å²) >= 11 is 0. The molecule has 0 amide bonds. The molecule has 0 aromatic rings. The Kier molecular flexibility index (Phi) is 3.74. The van der Waals surface area contributed by atoms with Gasteiger partial charge in [-0.15, -0.1) is 5.54 Å². The smallest absolute Gasteiger partial charge is 0.383 e. The largest absolute Gasteiger partial charge is 0.459 e. The Hall–Kier alpha value is -0.753. The average Bonchev–Trinajstić information content (AvgIpc) is 1.98. The minimum absolute atomic E-state index is 0.189. The molecule has 0 spiro atoms. The lowest BCUT2D eigenvalue weighted by atomic mass is 10.2. The van der Waals surface area contributed by atoms with E-state index in [0.717, 1.165) is 0 Å². The third kappa shape index (κ3) is 3.64. The van der Waals surface area contributed by atoms with E-state index in [9.17, 15) is 4.79 Å². The zero-order chi connectivity index (χ0) is 10.7. The van der Waals surface area contributed by atoms with Crippen molar-refractivity contribution in [3.63, 3.8) is 0 Å². The van der Waals surface area contributed by atoms with E-state index in [-0.39, 0.29) is 5.04 Å². The molecule has 0 aliphatic heterocycles. The molecule has 0 N–H and O–H groups in total. The van der Waals surface area contributed by atoms with Crippen LogP contribution in [0.15, 0.2) is 0 Å². The maximum absolute atomic E-state index is 10.8. The van der Waals surface area contributed by atoms with Gasteiger partial charge in [0.1, 0.15) is 8.07 Å². The van der Waals surface area contributed by atoms with Crippen molar-refractivity contribution in [1.82, 2.24) is 0 Å². The lowest BCUT2D eigenvalue weighted by Crippen LogP contribution is -2.35. The number of carbonyl (C=O) groups is 1. The second-order valence-corrected chi connectivity index (χ2v) is 9.62. The van der Waals surface area contributed by atoms with Gasteiger partial charge in [-0.3, -0.25) is 0 Å². The van der Waals surface area contributed by atoms with Crippen LogP contribution < -0.4 is 0 Å². The van der Waals surface area contributed by atoms with Crippen molar-refractivity contribution in [3.05, 3.63) is 0 Å². The molecule has 0 atom stereocenters. The standard InChI is InChI=1S/C10H18O2Si/c1-10(2,3)13(5,6)8-7-9(11)12-4/h1-6H3. The average molecular weight is 198 g/mol. The predicted molar refractivity (Wildman–Crippen MR) is 57.0 cm³/mol. The van der Waals surface area contributed by atoms with Crippen molar-refractivity contribution in [2.75, 3.05) is 7.11 Å². The molecule has 0 aliphatic rings. The van der Waals surface area contributed by atoms with Crippen molar-refractivity contribution in [2.45, 2.75) is 38.9 Å². The molecule has 0 aliphatic carbocycles. The van der Waals surface area contributed by atoms with E-state index < -0.39 is 14.0 Å². The molecule has 0 aromatic heterocycles. The van der Waals surface area contributed by atoms with Crippen LogP contribution in [0.1, 0.15) is 20.8 Å². The Bertz CT molecular complexity index is 250. The number of hydrogen-bond acceptors (Lipinski definition) is 2. The summed E-state index contributed by atoms with van der Waals surface area (Å²) in [6.07, 6.45) is 0. The van der Waals surface area contributed by atoms with E-state index in [2.05, 4.69) is 50.1 Å². The molecule has 0 aromatic carbocycles. The van der Waals surface area contributed by atoms with Gasteiger partial charge in [0, 0.05) is 5.92 Å². The first-order valence-electron chi connectivity index (χ1n) is 4.32. The monoisotopic (exact) mass is 198 g/mol. The van der Waals surface area contributed by atoms with E-state index in [4.69, 9.17) is 0 Å². The first-order valence-corrected chi connectivity index (χ1v) is 7.32. The number of rotatable bonds is 0. The Morgan fingerprint density at radius 3 is 2.08 bits per heavy atom. The Morgan fingerprint density at radius 1 is 1.31 bits per heavy atom. The van der Waals surface area contributed by atoms with E-state index in [0.29, 0.717) is 0 Å². The van der Waals surface area contributed by atoms with Gasteiger partial charge < -0.3 is 4.74 Å². The summed E-state index contributed by atoms with van der Waals surface area (Å²) in [5.74, 6) is 2.09. The molecule has 3 heteroatoms. The first kappa shape index (κ1) is 12.2. The summed E-state index contributed by atoms with van der Waals surface area (Å²) in [5.41, 5.74) is 3.06. The van der Waals surface area contributed by atoms with E-state index in [1.54, 1.807) is 0 Å². The molecule has 0 radical (unpaired) electrons. The molecular weight excluding hydrogens is 180 g/mol. The highest BCUT2D eigenvalue weighted by Crippen LogP contribution is 2.34. The maximum atomic E-state index is 10.8. The highest BCUT2D eigenvalue weighted by atomic mass is 28.3. The summed E-state index contributed by atoms with van der Waals surface area (Å²) in [6.45, 7) is 10.8.